The molecule has 1 aliphatic carbocycles. The van der Waals surface area contributed by atoms with Crippen molar-refractivity contribution in [3.8, 4) is 0 Å². The third-order valence-corrected chi connectivity index (χ3v) is 2.15. The van der Waals surface area contributed by atoms with E-state index in [2.05, 4.69) is 18.8 Å². The van der Waals surface area contributed by atoms with Gasteiger partial charge in [-0.15, -0.1) is 0 Å². The molecular weight excluding hydrogens is 150 g/mol. The van der Waals surface area contributed by atoms with Crippen LogP contribution in [0, 0.1) is 5.92 Å². The summed E-state index contributed by atoms with van der Waals surface area (Å²) in [4.78, 5) is 4.45. The number of rotatable bonds is 3. The summed E-state index contributed by atoms with van der Waals surface area (Å²) in [5.41, 5.74) is 1.17. The summed E-state index contributed by atoms with van der Waals surface area (Å²) in [5.74, 6) is 2.26. The second kappa shape index (κ2) is 2.92. The van der Waals surface area contributed by atoms with Gasteiger partial charge in [-0.05, 0) is 18.8 Å². The fourth-order valence-corrected chi connectivity index (χ4v) is 1.33. The first-order valence-corrected chi connectivity index (χ1v) is 4.70. The fourth-order valence-electron chi connectivity index (χ4n) is 1.33. The lowest BCUT2D eigenvalue weighted by molar-refractivity contribution is 0.457. The van der Waals surface area contributed by atoms with Gasteiger partial charge in [0.25, 0.3) is 0 Å². The zero-order valence-corrected chi connectivity index (χ0v) is 7.71. The zero-order valence-electron chi connectivity index (χ0n) is 7.71. The van der Waals surface area contributed by atoms with E-state index in [4.69, 9.17) is 4.42 Å². The van der Waals surface area contributed by atoms with E-state index < -0.39 is 0 Å². The van der Waals surface area contributed by atoms with Crippen LogP contribution in [-0.4, -0.2) is 4.98 Å². The van der Waals surface area contributed by atoms with Gasteiger partial charge in [-0.2, -0.15) is 0 Å². The quantitative estimate of drug-likeness (QED) is 0.688. The van der Waals surface area contributed by atoms with Crippen LogP contribution in [0.5, 0.6) is 0 Å². The molecule has 0 unspecified atom stereocenters. The van der Waals surface area contributed by atoms with Crippen molar-refractivity contribution < 1.29 is 4.42 Å². The van der Waals surface area contributed by atoms with Crippen LogP contribution in [0.15, 0.2) is 10.7 Å². The average molecular weight is 165 g/mol. The molecule has 2 nitrogen and oxygen atoms in total. The zero-order chi connectivity index (χ0) is 8.55. The lowest BCUT2D eigenvalue weighted by atomic mass is 10.1. The van der Waals surface area contributed by atoms with E-state index in [9.17, 15) is 0 Å². The second-order valence-electron chi connectivity index (χ2n) is 4.04. The topological polar surface area (TPSA) is 26.0 Å². The Morgan fingerprint density at radius 2 is 2.33 bits per heavy atom. The van der Waals surface area contributed by atoms with Gasteiger partial charge in [-0.1, -0.05) is 13.8 Å². The van der Waals surface area contributed by atoms with Gasteiger partial charge < -0.3 is 4.42 Å². The van der Waals surface area contributed by atoms with Crippen molar-refractivity contribution >= 4 is 0 Å². The van der Waals surface area contributed by atoms with Crippen LogP contribution in [0.1, 0.15) is 44.2 Å². The number of hydrogen-bond donors (Lipinski definition) is 0. The molecule has 0 aliphatic heterocycles. The SMILES string of the molecule is CC(C)Cc1nc(C2CC2)co1. The molecule has 1 aromatic rings. The Morgan fingerprint density at radius 1 is 1.58 bits per heavy atom. The first-order valence-electron chi connectivity index (χ1n) is 4.70. The molecule has 0 bridgehead atoms. The van der Waals surface area contributed by atoms with Crippen molar-refractivity contribution in [2.24, 2.45) is 5.92 Å². The number of oxazole rings is 1. The van der Waals surface area contributed by atoms with Crippen LogP contribution < -0.4 is 0 Å². The predicted octanol–water partition coefficient (Wildman–Crippen LogP) is 2.75. The highest BCUT2D eigenvalue weighted by Gasteiger charge is 2.26. The van der Waals surface area contributed by atoms with E-state index in [0.29, 0.717) is 5.92 Å². The van der Waals surface area contributed by atoms with E-state index >= 15 is 0 Å². The fraction of sp³-hybridized carbons (Fsp3) is 0.700. The van der Waals surface area contributed by atoms with E-state index in [-0.39, 0.29) is 0 Å². The molecular formula is C10H15NO. The summed E-state index contributed by atoms with van der Waals surface area (Å²) in [7, 11) is 0. The summed E-state index contributed by atoms with van der Waals surface area (Å²) < 4.78 is 5.37. The van der Waals surface area contributed by atoms with Gasteiger partial charge in [-0.25, -0.2) is 4.98 Å². The molecule has 2 heteroatoms. The third-order valence-electron chi connectivity index (χ3n) is 2.15. The summed E-state index contributed by atoms with van der Waals surface area (Å²) in [6.45, 7) is 4.36. The van der Waals surface area contributed by atoms with Gasteiger partial charge >= 0.3 is 0 Å². The van der Waals surface area contributed by atoms with E-state index in [0.717, 1.165) is 18.2 Å². The number of nitrogens with zero attached hydrogens (tertiary/aromatic N) is 1. The normalized spacial score (nSPS) is 17.2. The molecule has 1 fully saturated rings. The maximum absolute atomic E-state index is 5.37. The van der Waals surface area contributed by atoms with Crippen LogP contribution in [0.3, 0.4) is 0 Å². The highest BCUT2D eigenvalue weighted by Crippen LogP contribution is 2.39. The molecule has 0 amide bonds. The number of hydrogen-bond acceptors (Lipinski definition) is 2. The summed E-state index contributed by atoms with van der Waals surface area (Å²) in [5, 5.41) is 0. The lowest BCUT2D eigenvalue weighted by Crippen LogP contribution is -1.94. The minimum atomic E-state index is 0.635. The van der Waals surface area contributed by atoms with Gasteiger partial charge in [0.05, 0.1) is 5.69 Å². The highest BCUT2D eigenvalue weighted by atomic mass is 16.3. The van der Waals surface area contributed by atoms with Gasteiger partial charge in [0.1, 0.15) is 6.26 Å². The van der Waals surface area contributed by atoms with Gasteiger partial charge in [0, 0.05) is 12.3 Å². The monoisotopic (exact) mass is 165 g/mol. The van der Waals surface area contributed by atoms with E-state index in [1.54, 1.807) is 0 Å². The minimum absolute atomic E-state index is 0.635. The van der Waals surface area contributed by atoms with Crippen LogP contribution in [0.2, 0.25) is 0 Å². The summed E-state index contributed by atoms with van der Waals surface area (Å²) in [6, 6.07) is 0. The molecule has 1 aliphatic rings. The molecule has 12 heavy (non-hydrogen) atoms. The van der Waals surface area contributed by atoms with Crippen molar-refractivity contribution in [3.63, 3.8) is 0 Å². The van der Waals surface area contributed by atoms with Crippen LogP contribution >= 0.6 is 0 Å². The molecule has 0 aromatic carbocycles. The van der Waals surface area contributed by atoms with Crippen molar-refractivity contribution in [3.05, 3.63) is 17.8 Å². The smallest absolute Gasteiger partial charge is 0.194 e. The van der Waals surface area contributed by atoms with E-state index in [1.165, 1.54) is 18.5 Å². The summed E-state index contributed by atoms with van der Waals surface area (Å²) in [6.07, 6.45) is 5.39. The first-order chi connectivity index (χ1) is 5.75. The Bertz CT molecular complexity index is 261. The Labute approximate surface area is 73.0 Å². The molecule has 0 N–H and O–H groups in total. The molecule has 1 heterocycles. The third kappa shape index (κ3) is 1.68. The lowest BCUT2D eigenvalue weighted by Gasteiger charge is -1.97. The van der Waals surface area contributed by atoms with Crippen molar-refractivity contribution in [1.82, 2.24) is 4.98 Å². The molecule has 0 radical (unpaired) electrons. The summed E-state index contributed by atoms with van der Waals surface area (Å²) >= 11 is 0. The first kappa shape index (κ1) is 7.84. The minimum Gasteiger partial charge on any atom is -0.449 e. The Kier molecular flexibility index (Phi) is 1.91. The number of aromatic nitrogens is 1. The van der Waals surface area contributed by atoms with Crippen LogP contribution in [0.4, 0.5) is 0 Å². The van der Waals surface area contributed by atoms with Crippen molar-refractivity contribution in [2.45, 2.75) is 39.0 Å². The molecule has 0 spiro atoms. The highest BCUT2D eigenvalue weighted by molar-refractivity contribution is 5.10. The molecule has 66 valence electrons. The second-order valence-corrected chi connectivity index (χ2v) is 4.04. The van der Waals surface area contributed by atoms with Gasteiger partial charge in [-0.3, -0.25) is 0 Å². The van der Waals surface area contributed by atoms with Crippen LogP contribution in [0.25, 0.3) is 0 Å². The largest absolute Gasteiger partial charge is 0.449 e. The Morgan fingerprint density at radius 3 is 2.92 bits per heavy atom. The molecule has 1 aromatic heterocycles. The molecule has 0 atom stereocenters. The van der Waals surface area contributed by atoms with Gasteiger partial charge in [0.15, 0.2) is 5.89 Å². The van der Waals surface area contributed by atoms with Crippen molar-refractivity contribution in [1.29, 1.82) is 0 Å². The Hall–Kier alpha value is -0.790. The average Bonchev–Trinajstić information content (AvgIpc) is 2.73. The van der Waals surface area contributed by atoms with E-state index in [1.807, 2.05) is 6.26 Å². The maximum Gasteiger partial charge on any atom is 0.194 e. The molecule has 0 saturated heterocycles. The van der Waals surface area contributed by atoms with Crippen molar-refractivity contribution in [2.75, 3.05) is 0 Å². The maximum atomic E-state index is 5.37. The molecule has 1 saturated carbocycles. The standard InChI is InChI=1S/C10H15NO/c1-7(2)5-10-11-9(6-12-10)8-3-4-8/h6-8H,3-5H2,1-2H3. The predicted molar refractivity (Wildman–Crippen MR) is 47.0 cm³/mol. The molecule has 2 rings (SSSR count). The Balaban J connectivity index is 2.03. The van der Waals surface area contributed by atoms with Gasteiger partial charge in [0.2, 0.25) is 0 Å². The van der Waals surface area contributed by atoms with Crippen LogP contribution in [-0.2, 0) is 6.42 Å².